The Hall–Kier alpha value is 4.38. The molecule has 16 nitrogen and oxygen atoms in total. The second-order valence-corrected chi connectivity index (χ2v) is 5.37. The van der Waals surface area contributed by atoms with E-state index in [0.29, 0.717) is 0 Å². The summed E-state index contributed by atoms with van der Waals surface area (Å²) in [6, 6.07) is 0. The van der Waals surface area contributed by atoms with Gasteiger partial charge in [0.05, 0.1) is 0 Å². The molecule has 0 atom stereocenters. The van der Waals surface area contributed by atoms with E-state index < -0.39 is 31.3 Å². The zero-order valence-electron chi connectivity index (χ0n) is 9.82. The van der Waals surface area contributed by atoms with Gasteiger partial charge in [-0.3, -0.25) is 0 Å². The van der Waals surface area contributed by atoms with Gasteiger partial charge in [-0.15, -0.1) is 0 Å². The third-order valence-electron chi connectivity index (χ3n) is 0. The van der Waals surface area contributed by atoms with Gasteiger partial charge in [0.15, 0.2) is 0 Å². The summed E-state index contributed by atoms with van der Waals surface area (Å²) in [6.07, 6.45) is 0. The van der Waals surface area contributed by atoms with E-state index in [2.05, 4.69) is 0 Å². The van der Waals surface area contributed by atoms with Gasteiger partial charge in [0.25, 0.3) is 0 Å². The van der Waals surface area contributed by atoms with Gasteiger partial charge in [0.1, 0.15) is 0 Å². The average molecular weight is 547 g/mol. The molecule has 26 heavy (non-hydrogen) atoms. The molecule has 0 N–H and O–H groups in total. The number of hydrogen-bond donors (Lipinski definition) is 0. The molecule has 0 spiro atoms. The smallest absolute Gasteiger partial charge is 4.00 e. The Balaban J connectivity index is -0.0000000152. The topological polar surface area (TPSA) is 345 Å². The Kier molecular flexibility index (Phi) is 71.3. The first-order chi connectivity index (χ1) is 8.00. The number of phosphoric acid groups is 4. The molecule has 0 heterocycles. The predicted molar refractivity (Wildman–Crippen MR) is 51.9 cm³/mol. The van der Waals surface area contributed by atoms with Crippen molar-refractivity contribution >= 4 is 87.9 Å². The molecule has 26 heteroatoms. The zero-order chi connectivity index (χ0) is 18.0. The van der Waals surface area contributed by atoms with E-state index in [9.17, 15) is 0 Å². The first-order valence-electron chi connectivity index (χ1n) is 2.92. The molecule has 0 radical (unpaired) electrons. The molecular formula is H3Li3O16P4Ti3. The Morgan fingerprint density at radius 3 is 0.308 bits per heavy atom. The molecule has 0 fully saturated rings. The van der Waals surface area contributed by atoms with E-state index in [1.165, 1.54) is 0 Å². The fraction of sp³-hybridized carbons (Fsp3) is 0. The molecular weight excluding hydrogens is 544 g/mol. The van der Waals surface area contributed by atoms with Crippen LogP contribution in [0.15, 0.2) is 0 Å². The molecule has 0 saturated carbocycles. The van der Waals surface area contributed by atoms with Gasteiger partial charge >= 0.3 is 122 Å². The molecule has 0 unspecified atom stereocenters. The SMILES string of the molecule is O=P([O-])([O-])[O-].O=P([O-])([O-])[O-].O=P([O-])([O-])[O-].O=P([O-])([O-])[O-].[LiH].[LiH].[LiH].[Ti+4].[Ti+4].[Ti+4]. The fourth-order valence-electron chi connectivity index (χ4n) is 0. The van der Waals surface area contributed by atoms with Gasteiger partial charge in [-0.2, -0.15) is 31.3 Å². The van der Waals surface area contributed by atoms with Crippen LogP contribution in [0.1, 0.15) is 0 Å². The molecule has 0 aromatic carbocycles. The van der Waals surface area contributed by atoms with Crippen LogP contribution in [0.5, 0.6) is 0 Å². The van der Waals surface area contributed by atoms with Crippen molar-refractivity contribution in [3.63, 3.8) is 0 Å². The van der Waals surface area contributed by atoms with E-state index in [1.54, 1.807) is 0 Å². The summed E-state index contributed by atoms with van der Waals surface area (Å²) < 4.78 is 34.2. The van der Waals surface area contributed by atoms with Gasteiger partial charge in [-0.1, -0.05) is 0 Å². The summed E-state index contributed by atoms with van der Waals surface area (Å²) in [5.74, 6) is 0. The van der Waals surface area contributed by atoms with E-state index in [4.69, 9.17) is 77.0 Å². The van der Waals surface area contributed by atoms with Gasteiger partial charge in [0.2, 0.25) is 0 Å². The Morgan fingerprint density at radius 1 is 0.308 bits per heavy atom. The fourth-order valence-corrected chi connectivity index (χ4v) is 0. The predicted octanol–water partition coefficient (Wildman–Crippen LogP) is -13.3. The average Bonchev–Trinajstić information content (AvgIpc) is 1.62. The molecule has 0 rings (SSSR count). The van der Waals surface area contributed by atoms with Crippen LogP contribution in [0, 0.1) is 0 Å². The summed E-state index contributed by atoms with van der Waals surface area (Å²) in [4.78, 5) is 103. The Labute approximate surface area is 227 Å². The van der Waals surface area contributed by atoms with E-state index in [1.807, 2.05) is 0 Å². The summed E-state index contributed by atoms with van der Waals surface area (Å²) in [7, 11) is -21.6. The van der Waals surface area contributed by atoms with E-state index in [-0.39, 0.29) is 122 Å². The largest absolute Gasteiger partial charge is 4.00 e. The normalized spacial score (nSPS) is 9.08. The third kappa shape index (κ3) is 1110. The van der Waals surface area contributed by atoms with Crippen LogP contribution in [-0.4, -0.2) is 56.6 Å². The van der Waals surface area contributed by atoms with Crippen LogP contribution in [0.25, 0.3) is 0 Å². The van der Waals surface area contributed by atoms with Gasteiger partial charge in [0, 0.05) is 0 Å². The molecule has 0 aromatic heterocycles. The van der Waals surface area contributed by atoms with Gasteiger partial charge in [-0.25, -0.2) is 0 Å². The maximum atomic E-state index is 8.55. The van der Waals surface area contributed by atoms with Gasteiger partial charge < -0.3 is 77.0 Å². The van der Waals surface area contributed by atoms with Crippen molar-refractivity contribution in [3.8, 4) is 0 Å². The molecule has 0 aromatic rings. The quantitative estimate of drug-likeness (QED) is 0.200. The zero-order valence-corrected chi connectivity index (χ0v) is 18.1. The third-order valence-corrected chi connectivity index (χ3v) is 0. The van der Waals surface area contributed by atoms with Crippen LogP contribution in [0.2, 0.25) is 0 Å². The Morgan fingerprint density at radius 2 is 0.308 bits per heavy atom. The van der Waals surface area contributed by atoms with Crippen molar-refractivity contribution in [1.82, 2.24) is 0 Å². The molecule has 134 valence electrons. The summed E-state index contributed by atoms with van der Waals surface area (Å²) in [5.41, 5.74) is 0. The van der Waals surface area contributed by atoms with Crippen LogP contribution in [-0.2, 0) is 83.4 Å². The second kappa shape index (κ2) is 29.4. The standard InChI is InChI=1S/3Li.4H3O4P.3Ti.3H/c;;;4*1-5(2,3)4;;;;;;/h;;;4*(H3,1,2,3,4);;;;;;/q;;;;;;;3*+4;;;/p-12. The molecule has 0 aliphatic rings. The number of rotatable bonds is 0. The van der Waals surface area contributed by atoms with Crippen molar-refractivity contribution in [2.24, 2.45) is 0 Å². The van der Waals surface area contributed by atoms with Crippen LogP contribution in [0.4, 0.5) is 0 Å². The van der Waals surface area contributed by atoms with Gasteiger partial charge in [-0.05, 0) is 0 Å². The second-order valence-electron chi connectivity index (χ2n) is 1.79. The summed E-state index contributed by atoms with van der Waals surface area (Å²) in [6.45, 7) is 0. The molecule has 0 aliphatic carbocycles. The van der Waals surface area contributed by atoms with Crippen molar-refractivity contribution in [1.29, 1.82) is 0 Å². The van der Waals surface area contributed by atoms with Crippen molar-refractivity contribution in [3.05, 3.63) is 0 Å². The monoisotopic (exact) mass is 548 g/mol. The van der Waals surface area contributed by atoms with Crippen molar-refractivity contribution in [2.75, 3.05) is 0 Å². The molecule has 0 aliphatic heterocycles. The summed E-state index contributed by atoms with van der Waals surface area (Å²) >= 11 is 0. The van der Waals surface area contributed by atoms with E-state index >= 15 is 0 Å². The maximum Gasteiger partial charge on any atom is 4.00 e. The van der Waals surface area contributed by atoms with Crippen molar-refractivity contribution < 1.29 is 142 Å². The molecule has 0 amide bonds. The summed E-state index contributed by atoms with van der Waals surface area (Å²) in [5, 5.41) is 0. The molecule has 0 bridgehead atoms. The van der Waals surface area contributed by atoms with Crippen LogP contribution < -0.4 is 58.7 Å². The number of hydrogen-bond acceptors (Lipinski definition) is 16. The Bertz CT molecular complexity index is 305. The minimum Gasteiger partial charge on any atom is 4.00 e. The minimum atomic E-state index is -5.39. The minimum absolute atomic E-state index is 0. The molecule has 0 saturated heterocycles. The van der Waals surface area contributed by atoms with Crippen LogP contribution in [0.3, 0.4) is 0 Å². The van der Waals surface area contributed by atoms with Crippen molar-refractivity contribution in [2.45, 2.75) is 0 Å². The van der Waals surface area contributed by atoms with Crippen LogP contribution >= 0.6 is 31.3 Å². The first-order valence-corrected chi connectivity index (χ1v) is 8.76. The maximum absolute atomic E-state index is 8.55. The first kappa shape index (κ1) is 63.1. The van der Waals surface area contributed by atoms with E-state index in [0.717, 1.165) is 0 Å².